The molecule has 1 aromatic carbocycles. The van der Waals surface area contributed by atoms with Crippen molar-refractivity contribution in [2.24, 2.45) is 0 Å². The second-order valence-corrected chi connectivity index (χ2v) is 5.22. The van der Waals surface area contributed by atoms with E-state index in [0.717, 1.165) is 17.0 Å². The number of carbonyl (C=O) groups is 2. The number of likely N-dealkylation sites (tertiary alicyclic amines) is 1. The number of halogens is 5. The first-order chi connectivity index (χ1) is 10.6. The van der Waals surface area contributed by atoms with Gasteiger partial charge in [-0.1, -0.05) is 0 Å². The summed E-state index contributed by atoms with van der Waals surface area (Å²) in [6.07, 6.45) is -4.48. The highest BCUT2D eigenvalue weighted by molar-refractivity contribution is 5.97. The zero-order chi connectivity index (χ0) is 17.4. The quantitative estimate of drug-likeness (QED) is 0.794. The molecule has 0 radical (unpaired) electrons. The molecule has 1 atom stereocenters. The van der Waals surface area contributed by atoms with Crippen molar-refractivity contribution < 1.29 is 31.5 Å². The Morgan fingerprint density at radius 1 is 1.30 bits per heavy atom. The van der Waals surface area contributed by atoms with Crippen molar-refractivity contribution in [2.45, 2.75) is 18.6 Å². The van der Waals surface area contributed by atoms with Crippen molar-refractivity contribution in [1.29, 1.82) is 0 Å². The molecule has 1 aliphatic heterocycles. The number of hydrogen-bond donors (Lipinski definition) is 0. The summed E-state index contributed by atoms with van der Waals surface area (Å²) in [5.74, 6) is -3.94. The van der Waals surface area contributed by atoms with Gasteiger partial charge in [0.15, 0.2) is 11.6 Å². The molecule has 1 aliphatic rings. The van der Waals surface area contributed by atoms with Crippen LogP contribution in [0.25, 0.3) is 0 Å². The van der Waals surface area contributed by atoms with Crippen LogP contribution in [0.5, 0.6) is 0 Å². The Hall–Kier alpha value is -2.19. The Bertz CT molecular complexity index is 632. The summed E-state index contributed by atoms with van der Waals surface area (Å²) in [5, 5.41) is 0. The minimum absolute atomic E-state index is 0.0425. The molecule has 1 heterocycles. The van der Waals surface area contributed by atoms with E-state index in [2.05, 4.69) is 0 Å². The summed E-state index contributed by atoms with van der Waals surface area (Å²) in [6, 6.07) is 1.44. The molecule has 23 heavy (non-hydrogen) atoms. The Labute approximate surface area is 128 Å². The molecule has 4 nitrogen and oxygen atoms in total. The van der Waals surface area contributed by atoms with Gasteiger partial charge in [-0.2, -0.15) is 13.2 Å². The van der Waals surface area contributed by atoms with Gasteiger partial charge in [-0.3, -0.25) is 9.59 Å². The van der Waals surface area contributed by atoms with Crippen molar-refractivity contribution in [3.05, 3.63) is 35.4 Å². The number of likely N-dealkylation sites (N-methyl/N-ethyl adjacent to an activating group) is 1. The normalized spacial score (nSPS) is 18.4. The van der Waals surface area contributed by atoms with Crippen molar-refractivity contribution in [2.75, 3.05) is 20.1 Å². The van der Waals surface area contributed by atoms with Gasteiger partial charge in [0.25, 0.3) is 5.91 Å². The molecular formula is C14H13F5N2O2. The molecule has 1 aromatic rings. The van der Waals surface area contributed by atoms with E-state index in [1.165, 1.54) is 7.05 Å². The molecule has 9 heteroatoms. The number of alkyl halides is 3. The van der Waals surface area contributed by atoms with Crippen LogP contribution in [0.1, 0.15) is 16.8 Å². The lowest BCUT2D eigenvalue weighted by Crippen LogP contribution is -2.44. The standard InChI is InChI=1S/C14H13F5N2O2/c1-20(12(22)8-2-3-9(15)10(16)6-8)11-4-5-21(13(11)23)7-14(17,18)19/h2-3,6,11H,4-5,7H2,1H3. The molecule has 2 amide bonds. The highest BCUT2D eigenvalue weighted by atomic mass is 19.4. The zero-order valence-corrected chi connectivity index (χ0v) is 12.0. The van der Waals surface area contributed by atoms with Crippen LogP contribution in [0.4, 0.5) is 22.0 Å². The molecule has 0 N–H and O–H groups in total. The smallest absolute Gasteiger partial charge is 0.332 e. The number of carbonyl (C=O) groups excluding carboxylic acids is 2. The second-order valence-electron chi connectivity index (χ2n) is 5.22. The average molecular weight is 336 g/mol. The molecule has 2 rings (SSSR count). The van der Waals surface area contributed by atoms with Gasteiger partial charge < -0.3 is 9.80 Å². The largest absolute Gasteiger partial charge is 0.406 e. The highest BCUT2D eigenvalue weighted by Gasteiger charge is 2.41. The van der Waals surface area contributed by atoms with Crippen LogP contribution in [0.2, 0.25) is 0 Å². The molecule has 1 saturated heterocycles. The molecule has 1 fully saturated rings. The van der Waals surface area contributed by atoms with E-state index in [9.17, 15) is 31.5 Å². The molecule has 1 unspecified atom stereocenters. The average Bonchev–Trinajstić information content (AvgIpc) is 2.80. The summed E-state index contributed by atoms with van der Waals surface area (Å²) in [6.45, 7) is -1.51. The fourth-order valence-electron chi connectivity index (χ4n) is 2.43. The van der Waals surface area contributed by atoms with Gasteiger partial charge >= 0.3 is 6.18 Å². The third kappa shape index (κ3) is 3.77. The molecule has 0 saturated carbocycles. The van der Waals surface area contributed by atoms with Crippen LogP contribution in [0.3, 0.4) is 0 Å². The maximum absolute atomic E-state index is 13.2. The van der Waals surface area contributed by atoms with Gasteiger partial charge in [-0.15, -0.1) is 0 Å². The highest BCUT2D eigenvalue weighted by Crippen LogP contribution is 2.24. The fourth-order valence-corrected chi connectivity index (χ4v) is 2.43. The first kappa shape index (κ1) is 17.2. The summed E-state index contributed by atoms with van der Waals surface area (Å²) >= 11 is 0. The number of amides is 2. The van der Waals surface area contributed by atoms with E-state index in [4.69, 9.17) is 0 Å². The van der Waals surface area contributed by atoms with Gasteiger partial charge in [0.1, 0.15) is 12.6 Å². The van der Waals surface area contributed by atoms with Crippen LogP contribution in [0.15, 0.2) is 18.2 Å². The minimum Gasteiger partial charge on any atom is -0.332 e. The van der Waals surface area contributed by atoms with Crippen LogP contribution in [-0.2, 0) is 4.79 Å². The van der Waals surface area contributed by atoms with Gasteiger partial charge in [0, 0.05) is 19.2 Å². The molecule has 126 valence electrons. The fraction of sp³-hybridized carbons (Fsp3) is 0.429. The summed E-state index contributed by atoms with van der Waals surface area (Å²) in [4.78, 5) is 25.7. The molecule has 0 spiro atoms. The minimum atomic E-state index is -4.52. The molecule has 0 bridgehead atoms. The summed E-state index contributed by atoms with van der Waals surface area (Å²) < 4.78 is 63.1. The Balaban J connectivity index is 2.11. The molecular weight excluding hydrogens is 323 g/mol. The number of nitrogens with zero attached hydrogens (tertiary/aromatic N) is 2. The second kappa shape index (κ2) is 6.13. The zero-order valence-electron chi connectivity index (χ0n) is 12.0. The summed E-state index contributed by atoms with van der Waals surface area (Å²) in [5.41, 5.74) is -0.187. The molecule has 0 aliphatic carbocycles. The third-order valence-corrected chi connectivity index (χ3v) is 3.59. The maximum atomic E-state index is 13.2. The number of rotatable bonds is 3. The van der Waals surface area contributed by atoms with E-state index in [0.29, 0.717) is 11.0 Å². The Morgan fingerprint density at radius 3 is 2.52 bits per heavy atom. The van der Waals surface area contributed by atoms with Crippen molar-refractivity contribution in [3.63, 3.8) is 0 Å². The lowest BCUT2D eigenvalue weighted by Gasteiger charge is -2.24. The van der Waals surface area contributed by atoms with Crippen LogP contribution >= 0.6 is 0 Å². The van der Waals surface area contributed by atoms with Crippen LogP contribution < -0.4 is 0 Å². The van der Waals surface area contributed by atoms with Crippen molar-refractivity contribution >= 4 is 11.8 Å². The SMILES string of the molecule is CN(C(=O)c1ccc(F)c(F)c1)C1CCN(CC(F)(F)F)C1=O. The number of benzene rings is 1. The van der Waals surface area contributed by atoms with E-state index in [1.54, 1.807) is 0 Å². The van der Waals surface area contributed by atoms with E-state index in [1.807, 2.05) is 0 Å². The van der Waals surface area contributed by atoms with Crippen molar-refractivity contribution in [3.8, 4) is 0 Å². The third-order valence-electron chi connectivity index (χ3n) is 3.59. The van der Waals surface area contributed by atoms with Crippen molar-refractivity contribution in [1.82, 2.24) is 9.80 Å². The summed E-state index contributed by atoms with van der Waals surface area (Å²) in [7, 11) is 1.24. The maximum Gasteiger partial charge on any atom is 0.406 e. The van der Waals surface area contributed by atoms with Gasteiger partial charge in [-0.25, -0.2) is 8.78 Å². The Kier molecular flexibility index (Phi) is 4.58. The lowest BCUT2D eigenvalue weighted by atomic mass is 10.1. The Morgan fingerprint density at radius 2 is 1.96 bits per heavy atom. The predicted molar refractivity (Wildman–Crippen MR) is 69.5 cm³/mol. The lowest BCUT2D eigenvalue weighted by molar-refractivity contribution is -0.158. The van der Waals surface area contributed by atoms with Gasteiger partial charge in [-0.05, 0) is 24.6 Å². The molecule has 0 aromatic heterocycles. The van der Waals surface area contributed by atoms with E-state index < -0.39 is 42.2 Å². The topological polar surface area (TPSA) is 40.6 Å². The first-order valence-electron chi connectivity index (χ1n) is 6.68. The van der Waals surface area contributed by atoms with Crippen LogP contribution in [-0.4, -0.2) is 54.0 Å². The van der Waals surface area contributed by atoms with Gasteiger partial charge in [0.2, 0.25) is 5.91 Å². The van der Waals surface area contributed by atoms with Gasteiger partial charge in [0.05, 0.1) is 0 Å². The predicted octanol–water partition coefficient (Wildman–Crippen LogP) is 2.20. The monoisotopic (exact) mass is 336 g/mol. The van der Waals surface area contributed by atoms with E-state index in [-0.39, 0.29) is 18.5 Å². The van der Waals surface area contributed by atoms with Crippen LogP contribution in [0, 0.1) is 11.6 Å². The van der Waals surface area contributed by atoms with E-state index >= 15 is 0 Å². The number of hydrogen-bond acceptors (Lipinski definition) is 2. The first-order valence-corrected chi connectivity index (χ1v) is 6.68.